The van der Waals surface area contributed by atoms with E-state index < -0.39 is 37.5 Å². The monoisotopic (exact) mass is 356 g/mol. The van der Waals surface area contributed by atoms with Crippen molar-refractivity contribution in [1.82, 2.24) is 4.31 Å². The van der Waals surface area contributed by atoms with Gasteiger partial charge in [-0.2, -0.15) is 4.31 Å². The molecule has 0 amide bonds. The van der Waals surface area contributed by atoms with Gasteiger partial charge in [-0.15, -0.1) is 6.58 Å². The smallest absolute Gasteiger partial charge is 0.322 e. The van der Waals surface area contributed by atoms with Crippen LogP contribution in [0, 0.1) is 16.0 Å². The maximum absolute atomic E-state index is 12.9. The van der Waals surface area contributed by atoms with Crippen LogP contribution in [0.4, 0.5) is 5.69 Å². The topological polar surface area (TPSA) is 118 Å². The number of para-hydroxylation sites is 1. The van der Waals surface area contributed by atoms with Gasteiger partial charge in [0.1, 0.15) is 6.04 Å². The zero-order chi connectivity index (χ0) is 18.5. The second-order valence-corrected chi connectivity index (χ2v) is 7.43. The van der Waals surface area contributed by atoms with Gasteiger partial charge >= 0.3 is 5.97 Å². The third-order valence-electron chi connectivity index (χ3n) is 3.28. The summed E-state index contributed by atoms with van der Waals surface area (Å²) in [5.41, 5.74) is -0.597. The van der Waals surface area contributed by atoms with Crippen molar-refractivity contribution < 1.29 is 23.2 Å². The van der Waals surface area contributed by atoms with Crippen LogP contribution in [0.5, 0.6) is 0 Å². The molecule has 0 unspecified atom stereocenters. The highest BCUT2D eigenvalue weighted by atomic mass is 32.2. The Bertz CT molecular complexity index is 729. The van der Waals surface area contributed by atoms with Crippen LogP contribution in [0.2, 0.25) is 0 Å². The molecule has 0 radical (unpaired) electrons. The number of hydrogen-bond acceptors (Lipinski definition) is 5. The zero-order valence-corrected chi connectivity index (χ0v) is 14.3. The molecule has 1 aromatic carbocycles. The highest BCUT2D eigenvalue weighted by Crippen LogP contribution is 2.28. The lowest BCUT2D eigenvalue weighted by Crippen LogP contribution is -2.45. The summed E-state index contributed by atoms with van der Waals surface area (Å²) in [5.74, 6) is -1.40. The highest BCUT2D eigenvalue weighted by molar-refractivity contribution is 7.89. The minimum atomic E-state index is -4.39. The number of nitro groups is 1. The Hall–Kier alpha value is -2.26. The van der Waals surface area contributed by atoms with Crippen molar-refractivity contribution in [1.29, 1.82) is 0 Å². The van der Waals surface area contributed by atoms with Crippen LogP contribution in [0.1, 0.15) is 20.3 Å². The van der Waals surface area contributed by atoms with Crippen LogP contribution in [0.15, 0.2) is 41.8 Å². The fraction of sp³-hybridized carbons (Fsp3) is 0.400. The summed E-state index contributed by atoms with van der Waals surface area (Å²) in [5, 5.41) is 20.6. The van der Waals surface area contributed by atoms with Crippen LogP contribution in [0.3, 0.4) is 0 Å². The first kappa shape index (κ1) is 19.8. The number of nitrogens with zero attached hydrogens (tertiary/aromatic N) is 2. The van der Waals surface area contributed by atoms with Crippen molar-refractivity contribution in [3.05, 3.63) is 47.0 Å². The largest absolute Gasteiger partial charge is 0.480 e. The normalized spacial score (nSPS) is 13.0. The molecule has 0 aromatic heterocycles. The van der Waals surface area contributed by atoms with E-state index in [4.69, 9.17) is 0 Å². The molecule has 132 valence electrons. The van der Waals surface area contributed by atoms with E-state index in [-0.39, 0.29) is 18.9 Å². The number of carbonyl (C=O) groups is 1. The minimum absolute atomic E-state index is 0.0725. The van der Waals surface area contributed by atoms with Crippen LogP contribution < -0.4 is 0 Å². The predicted molar refractivity (Wildman–Crippen MR) is 88.1 cm³/mol. The van der Waals surface area contributed by atoms with Crippen molar-refractivity contribution in [3.8, 4) is 0 Å². The van der Waals surface area contributed by atoms with E-state index in [0.717, 1.165) is 16.4 Å². The molecular weight excluding hydrogens is 336 g/mol. The molecular formula is C15H20N2O6S. The van der Waals surface area contributed by atoms with Crippen molar-refractivity contribution in [2.24, 2.45) is 5.92 Å². The standard InChI is InChI=1S/C15H20N2O6S/c1-4-9-16(13(15(18)19)10-11(2)3)24(22,23)14-8-6-5-7-12(14)17(20)21/h4-8,11,13H,1,9-10H2,2-3H3,(H,18,19)/t13-/m0/s1. The lowest BCUT2D eigenvalue weighted by atomic mass is 10.0. The molecule has 0 aliphatic rings. The maximum atomic E-state index is 12.9. The van der Waals surface area contributed by atoms with Crippen molar-refractivity contribution >= 4 is 21.7 Å². The third kappa shape index (κ3) is 4.39. The maximum Gasteiger partial charge on any atom is 0.322 e. The summed E-state index contributed by atoms with van der Waals surface area (Å²) in [6.07, 6.45) is 1.33. The Balaban J connectivity index is 3.50. The van der Waals surface area contributed by atoms with Gasteiger partial charge in [-0.05, 0) is 18.4 Å². The molecule has 0 aliphatic heterocycles. The molecule has 1 N–H and O–H groups in total. The van der Waals surface area contributed by atoms with E-state index in [1.54, 1.807) is 13.8 Å². The lowest BCUT2D eigenvalue weighted by Gasteiger charge is -2.28. The molecule has 0 heterocycles. The van der Waals surface area contributed by atoms with Gasteiger partial charge in [0.25, 0.3) is 15.7 Å². The average molecular weight is 356 g/mol. The second kappa shape index (κ2) is 8.02. The molecule has 1 rings (SSSR count). The van der Waals surface area contributed by atoms with E-state index in [0.29, 0.717) is 0 Å². The Labute approximate surface area is 140 Å². The molecule has 24 heavy (non-hydrogen) atoms. The average Bonchev–Trinajstić information content (AvgIpc) is 2.50. The minimum Gasteiger partial charge on any atom is -0.480 e. The number of carboxylic acid groups (broad SMARTS) is 1. The number of sulfonamides is 1. The number of nitro benzene ring substituents is 1. The molecule has 9 heteroatoms. The summed E-state index contributed by atoms with van der Waals surface area (Å²) in [4.78, 5) is 21.3. The van der Waals surface area contributed by atoms with Gasteiger partial charge in [0, 0.05) is 12.6 Å². The molecule has 0 bridgehead atoms. The molecule has 1 aromatic rings. The summed E-state index contributed by atoms with van der Waals surface area (Å²) >= 11 is 0. The summed E-state index contributed by atoms with van der Waals surface area (Å²) < 4.78 is 26.5. The van der Waals surface area contributed by atoms with Gasteiger partial charge in [0.2, 0.25) is 0 Å². The fourth-order valence-corrected chi connectivity index (χ4v) is 3.98. The first-order valence-corrected chi connectivity index (χ1v) is 8.65. The van der Waals surface area contributed by atoms with E-state index in [1.807, 2.05) is 0 Å². The third-order valence-corrected chi connectivity index (χ3v) is 5.21. The Morgan fingerprint density at radius 3 is 2.46 bits per heavy atom. The summed E-state index contributed by atoms with van der Waals surface area (Å²) in [6, 6.07) is 3.52. The Morgan fingerprint density at radius 2 is 2.00 bits per heavy atom. The molecule has 0 spiro atoms. The van der Waals surface area contributed by atoms with Crippen LogP contribution >= 0.6 is 0 Å². The van der Waals surface area contributed by atoms with E-state index in [1.165, 1.54) is 18.2 Å². The van der Waals surface area contributed by atoms with Gasteiger partial charge < -0.3 is 5.11 Å². The Kier molecular flexibility index (Phi) is 6.61. The molecule has 0 fully saturated rings. The SMILES string of the molecule is C=CCN([C@@H](CC(C)C)C(=O)O)S(=O)(=O)c1ccccc1[N+](=O)[O-]. The molecule has 0 saturated carbocycles. The van der Waals surface area contributed by atoms with E-state index in [9.17, 15) is 28.4 Å². The fourth-order valence-electron chi connectivity index (χ4n) is 2.26. The van der Waals surface area contributed by atoms with Crippen LogP contribution in [-0.4, -0.2) is 41.3 Å². The number of carboxylic acids is 1. The highest BCUT2D eigenvalue weighted by Gasteiger charge is 2.38. The first-order chi connectivity index (χ1) is 11.1. The van der Waals surface area contributed by atoms with Crippen molar-refractivity contribution in [2.75, 3.05) is 6.54 Å². The predicted octanol–water partition coefficient (Wildman–Crippen LogP) is 2.27. The number of hydrogen-bond donors (Lipinski definition) is 1. The molecule has 8 nitrogen and oxygen atoms in total. The number of benzene rings is 1. The van der Waals surface area contributed by atoms with Crippen LogP contribution in [0.25, 0.3) is 0 Å². The number of aliphatic carboxylic acids is 1. The quantitative estimate of drug-likeness (QED) is 0.412. The molecule has 1 atom stereocenters. The molecule has 0 aliphatic carbocycles. The van der Waals surface area contributed by atoms with E-state index in [2.05, 4.69) is 6.58 Å². The first-order valence-electron chi connectivity index (χ1n) is 7.21. The lowest BCUT2D eigenvalue weighted by molar-refractivity contribution is -0.387. The van der Waals surface area contributed by atoms with Crippen molar-refractivity contribution in [3.63, 3.8) is 0 Å². The van der Waals surface area contributed by atoms with Gasteiger partial charge in [-0.1, -0.05) is 32.1 Å². The van der Waals surface area contributed by atoms with Gasteiger partial charge in [-0.3, -0.25) is 14.9 Å². The van der Waals surface area contributed by atoms with Crippen molar-refractivity contribution in [2.45, 2.75) is 31.2 Å². The summed E-state index contributed by atoms with van der Waals surface area (Å²) in [7, 11) is -4.39. The van der Waals surface area contributed by atoms with Gasteiger partial charge in [-0.25, -0.2) is 8.42 Å². The van der Waals surface area contributed by atoms with Gasteiger partial charge in [0.05, 0.1) is 4.92 Å². The van der Waals surface area contributed by atoms with Gasteiger partial charge in [0.15, 0.2) is 4.90 Å². The Morgan fingerprint density at radius 1 is 1.42 bits per heavy atom. The molecule has 0 saturated heterocycles. The van der Waals surface area contributed by atoms with E-state index >= 15 is 0 Å². The summed E-state index contributed by atoms with van der Waals surface area (Å²) in [6.45, 7) is 6.71. The van der Waals surface area contributed by atoms with Crippen LogP contribution in [-0.2, 0) is 14.8 Å². The number of rotatable bonds is 9. The second-order valence-electron chi connectivity index (χ2n) is 5.57. The zero-order valence-electron chi connectivity index (χ0n) is 13.5.